The van der Waals surface area contributed by atoms with Crippen molar-refractivity contribution in [2.75, 3.05) is 13.2 Å². The minimum absolute atomic E-state index is 0.280. The molecule has 0 radical (unpaired) electrons. The standard InChI is InChI=1S/C41H77NO9/c1-3-5-7-9-11-13-15-17-19-21-23-25-27-29-34(44)33(32-50-41-39(48)38(47)37(46)36(31-43)51-41)42-40(49)35(45)30-28-26-24-22-20-18-16-14-12-10-8-6-4-2/h20,22,27,29,33-39,41,43-48H,3-19,21,23-26,28,30-32H2,1-2H3,(H,42,49)/b22-20-,29-27+. The number of hydrogen-bond donors (Lipinski definition) is 7. The van der Waals surface area contributed by atoms with Gasteiger partial charge in [0.2, 0.25) is 5.91 Å². The quantitative estimate of drug-likeness (QED) is 0.0294. The summed E-state index contributed by atoms with van der Waals surface area (Å²) >= 11 is 0. The van der Waals surface area contributed by atoms with Crippen molar-refractivity contribution in [3.8, 4) is 0 Å². The van der Waals surface area contributed by atoms with Gasteiger partial charge in [-0.1, -0.05) is 147 Å². The van der Waals surface area contributed by atoms with Crippen LogP contribution in [0.4, 0.5) is 0 Å². The monoisotopic (exact) mass is 728 g/mol. The van der Waals surface area contributed by atoms with Gasteiger partial charge >= 0.3 is 0 Å². The molecule has 0 spiro atoms. The Morgan fingerprint density at radius 2 is 1.14 bits per heavy atom. The van der Waals surface area contributed by atoms with E-state index in [1.54, 1.807) is 6.08 Å². The largest absolute Gasteiger partial charge is 0.394 e. The maximum atomic E-state index is 13.0. The second kappa shape index (κ2) is 32.1. The molecule has 300 valence electrons. The molecular formula is C41H77NO9. The van der Waals surface area contributed by atoms with Crippen LogP contribution in [0.2, 0.25) is 0 Å². The minimum Gasteiger partial charge on any atom is -0.394 e. The topological polar surface area (TPSA) is 169 Å². The van der Waals surface area contributed by atoms with E-state index >= 15 is 0 Å². The van der Waals surface area contributed by atoms with Gasteiger partial charge in [0.15, 0.2) is 6.29 Å². The van der Waals surface area contributed by atoms with Gasteiger partial charge in [-0.2, -0.15) is 0 Å². The molecule has 1 heterocycles. The highest BCUT2D eigenvalue weighted by Gasteiger charge is 2.44. The first-order valence-electron chi connectivity index (χ1n) is 20.7. The summed E-state index contributed by atoms with van der Waals surface area (Å²) in [4.78, 5) is 13.0. The van der Waals surface area contributed by atoms with Crippen molar-refractivity contribution in [2.45, 2.75) is 217 Å². The Hall–Kier alpha value is -1.37. The number of nitrogens with one attached hydrogen (secondary N) is 1. The summed E-state index contributed by atoms with van der Waals surface area (Å²) < 4.78 is 11.1. The number of amides is 1. The molecule has 10 nitrogen and oxygen atoms in total. The predicted molar refractivity (Wildman–Crippen MR) is 204 cm³/mol. The average molecular weight is 728 g/mol. The summed E-state index contributed by atoms with van der Waals surface area (Å²) in [5, 5.41) is 64.3. The van der Waals surface area contributed by atoms with Crippen molar-refractivity contribution >= 4 is 5.91 Å². The summed E-state index contributed by atoms with van der Waals surface area (Å²) in [6.07, 6.45) is 25.5. The number of ether oxygens (including phenoxy) is 2. The van der Waals surface area contributed by atoms with Gasteiger partial charge in [-0.3, -0.25) is 4.79 Å². The number of aliphatic hydroxyl groups excluding tert-OH is 6. The highest BCUT2D eigenvalue weighted by molar-refractivity contribution is 5.80. The highest BCUT2D eigenvalue weighted by atomic mass is 16.7. The molecule has 1 fully saturated rings. The molecule has 1 amide bonds. The molecule has 0 aromatic carbocycles. The maximum Gasteiger partial charge on any atom is 0.249 e. The number of carbonyl (C=O) groups excluding carboxylic acids is 1. The summed E-state index contributed by atoms with van der Waals surface area (Å²) in [6, 6.07) is -0.984. The van der Waals surface area contributed by atoms with Crippen LogP contribution in [-0.4, -0.2) is 98.7 Å². The molecule has 51 heavy (non-hydrogen) atoms. The van der Waals surface area contributed by atoms with Crippen molar-refractivity contribution in [1.82, 2.24) is 5.32 Å². The van der Waals surface area contributed by atoms with Gasteiger partial charge in [0.1, 0.15) is 30.5 Å². The van der Waals surface area contributed by atoms with Crippen molar-refractivity contribution in [1.29, 1.82) is 0 Å². The zero-order valence-electron chi connectivity index (χ0n) is 32.2. The lowest BCUT2D eigenvalue weighted by molar-refractivity contribution is -0.302. The van der Waals surface area contributed by atoms with E-state index in [1.807, 2.05) is 6.08 Å². The first-order valence-corrected chi connectivity index (χ1v) is 20.7. The zero-order valence-corrected chi connectivity index (χ0v) is 32.2. The third-order valence-electron chi connectivity index (χ3n) is 9.88. The van der Waals surface area contributed by atoms with Gasteiger partial charge in [-0.25, -0.2) is 0 Å². The molecule has 1 aliphatic heterocycles. The molecule has 0 saturated carbocycles. The predicted octanol–water partition coefficient (Wildman–Crippen LogP) is 6.52. The van der Waals surface area contributed by atoms with Crippen LogP contribution in [0, 0.1) is 0 Å². The number of unbranched alkanes of at least 4 members (excludes halogenated alkanes) is 20. The second-order valence-corrected chi connectivity index (χ2v) is 14.6. The minimum atomic E-state index is -1.61. The van der Waals surface area contributed by atoms with E-state index in [2.05, 4.69) is 31.3 Å². The zero-order chi connectivity index (χ0) is 37.5. The summed E-state index contributed by atoms with van der Waals surface area (Å²) in [5.74, 6) is -0.635. The fraction of sp³-hybridized carbons (Fsp3) is 0.878. The van der Waals surface area contributed by atoms with Crippen LogP contribution in [0.25, 0.3) is 0 Å². The summed E-state index contributed by atoms with van der Waals surface area (Å²) in [7, 11) is 0. The number of carbonyl (C=O) groups is 1. The molecule has 0 bridgehead atoms. The number of allylic oxidation sites excluding steroid dienone is 3. The first kappa shape index (κ1) is 47.7. The summed E-state index contributed by atoms with van der Waals surface area (Å²) in [5.41, 5.74) is 0. The van der Waals surface area contributed by atoms with Crippen molar-refractivity contribution in [3.63, 3.8) is 0 Å². The maximum absolute atomic E-state index is 13.0. The van der Waals surface area contributed by atoms with Crippen LogP contribution in [0.5, 0.6) is 0 Å². The Labute approximate surface area is 310 Å². The average Bonchev–Trinajstić information content (AvgIpc) is 3.13. The molecule has 1 rings (SSSR count). The Kier molecular flexibility index (Phi) is 30.0. The van der Waals surface area contributed by atoms with Crippen LogP contribution < -0.4 is 5.32 Å². The number of rotatable bonds is 33. The van der Waals surface area contributed by atoms with E-state index < -0.39 is 61.5 Å². The van der Waals surface area contributed by atoms with Crippen LogP contribution in [0.15, 0.2) is 24.3 Å². The third-order valence-corrected chi connectivity index (χ3v) is 9.88. The van der Waals surface area contributed by atoms with E-state index in [1.165, 1.54) is 103 Å². The molecule has 8 unspecified atom stereocenters. The number of hydrogen-bond acceptors (Lipinski definition) is 9. The van der Waals surface area contributed by atoms with Crippen LogP contribution in [0.3, 0.4) is 0 Å². The van der Waals surface area contributed by atoms with Gasteiger partial charge in [-0.05, 0) is 44.9 Å². The van der Waals surface area contributed by atoms with E-state index in [-0.39, 0.29) is 13.0 Å². The fourth-order valence-corrected chi connectivity index (χ4v) is 6.39. The van der Waals surface area contributed by atoms with Crippen molar-refractivity contribution in [2.24, 2.45) is 0 Å². The Balaban J connectivity index is 2.52. The third kappa shape index (κ3) is 23.1. The Bertz CT molecular complexity index is 870. The molecule has 1 saturated heterocycles. The molecule has 0 aliphatic carbocycles. The van der Waals surface area contributed by atoms with Crippen LogP contribution >= 0.6 is 0 Å². The first-order chi connectivity index (χ1) is 24.8. The van der Waals surface area contributed by atoms with Gasteiger partial charge < -0.3 is 45.4 Å². The van der Waals surface area contributed by atoms with E-state index in [0.29, 0.717) is 6.42 Å². The fourth-order valence-electron chi connectivity index (χ4n) is 6.39. The summed E-state index contributed by atoms with van der Waals surface area (Å²) in [6.45, 7) is 3.56. The lowest BCUT2D eigenvalue weighted by Gasteiger charge is -2.40. The van der Waals surface area contributed by atoms with Gasteiger partial charge in [0.05, 0.1) is 25.4 Å². The second-order valence-electron chi connectivity index (χ2n) is 14.6. The number of aliphatic hydroxyl groups is 6. The Morgan fingerprint density at radius 3 is 1.65 bits per heavy atom. The smallest absolute Gasteiger partial charge is 0.249 e. The lowest BCUT2D eigenvalue weighted by Crippen LogP contribution is -2.60. The van der Waals surface area contributed by atoms with E-state index in [4.69, 9.17) is 9.47 Å². The molecule has 0 aromatic rings. The lowest BCUT2D eigenvalue weighted by atomic mass is 9.99. The van der Waals surface area contributed by atoms with Gasteiger partial charge in [-0.15, -0.1) is 0 Å². The molecule has 7 N–H and O–H groups in total. The van der Waals surface area contributed by atoms with Gasteiger partial charge in [0.25, 0.3) is 0 Å². The molecule has 0 aromatic heterocycles. The highest BCUT2D eigenvalue weighted by Crippen LogP contribution is 2.22. The van der Waals surface area contributed by atoms with E-state index in [9.17, 15) is 35.4 Å². The van der Waals surface area contributed by atoms with E-state index in [0.717, 1.165) is 38.5 Å². The van der Waals surface area contributed by atoms with Crippen molar-refractivity contribution in [3.05, 3.63) is 24.3 Å². The van der Waals surface area contributed by atoms with Crippen molar-refractivity contribution < 1.29 is 44.9 Å². The molecular weight excluding hydrogens is 650 g/mol. The SMILES string of the molecule is CCCCCCCCC/C=C\CCCCC(O)C(=O)NC(COC1OC(CO)C(O)C(O)C1O)C(O)/C=C/CCCCCCCCCCCCC. The van der Waals surface area contributed by atoms with Crippen LogP contribution in [0.1, 0.15) is 168 Å². The molecule has 8 atom stereocenters. The molecule has 10 heteroatoms. The van der Waals surface area contributed by atoms with Crippen LogP contribution in [-0.2, 0) is 14.3 Å². The Morgan fingerprint density at radius 1 is 0.667 bits per heavy atom. The van der Waals surface area contributed by atoms with Gasteiger partial charge in [0, 0.05) is 0 Å². The molecule has 1 aliphatic rings. The normalized spacial score (nSPS) is 22.9.